The van der Waals surface area contributed by atoms with Crippen molar-refractivity contribution in [2.45, 2.75) is 33.6 Å². The third kappa shape index (κ3) is 3.13. The summed E-state index contributed by atoms with van der Waals surface area (Å²) in [5.74, 6) is 0. The summed E-state index contributed by atoms with van der Waals surface area (Å²) in [6.07, 6.45) is 2.02. The molecule has 0 N–H and O–H groups in total. The van der Waals surface area contributed by atoms with Crippen LogP contribution in [0.15, 0.2) is 12.1 Å². The Bertz CT molecular complexity index is 469. The molecule has 19 heavy (non-hydrogen) atoms. The third-order valence-corrected chi connectivity index (χ3v) is 3.18. The number of carbonyl (C=O) groups is 2. The average molecular weight is 263 g/mol. The van der Waals surface area contributed by atoms with E-state index >= 15 is 0 Å². The first-order chi connectivity index (χ1) is 9.10. The fraction of sp³-hybridized carbons (Fsp3) is 0.467. The molecule has 0 aliphatic rings. The summed E-state index contributed by atoms with van der Waals surface area (Å²) in [4.78, 5) is 24.4. The van der Waals surface area contributed by atoms with E-state index in [1.54, 1.807) is 26.1 Å². The smallest absolute Gasteiger partial charge is 0.414 e. The third-order valence-electron chi connectivity index (χ3n) is 3.18. The summed E-state index contributed by atoms with van der Waals surface area (Å²) in [6, 6.07) is 3.56. The maximum Gasteiger partial charge on any atom is 0.414 e. The predicted molar refractivity (Wildman–Crippen MR) is 76.0 cm³/mol. The van der Waals surface area contributed by atoms with Gasteiger partial charge in [0.15, 0.2) is 0 Å². The number of nitrogens with zero attached hydrogens (tertiary/aromatic N) is 1. The highest BCUT2D eigenvalue weighted by molar-refractivity contribution is 5.90. The van der Waals surface area contributed by atoms with Crippen molar-refractivity contribution in [2.75, 3.05) is 18.6 Å². The standard InChI is InChI=1S/C15H21NO3/c1-5-12-11(10-17)8-9-14(13(12)6-2)16(4)15(18)19-7-3/h8-10H,5-7H2,1-4H3. The highest BCUT2D eigenvalue weighted by atomic mass is 16.6. The van der Waals surface area contributed by atoms with Gasteiger partial charge < -0.3 is 4.74 Å². The van der Waals surface area contributed by atoms with Crippen molar-refractivity contribution in [3.05, 3.63) is 28.8 Å². The van der Waals surface area contributed by atoms with Crippen molar-refractivity contribution in [3.63, 3.8) is 0 Å². The molecular weight excluding hydrogens is 242 g/mol. The van der Waals surface area contributed by atoms with E-state index in [1.165, 1.54) is 4.90 Å². The lowest BCUT2D eigenvalue weighted by atomic mass is 9.95. The first-order valence-corrected chi connectivity index (χ1v) is 6.60. The van der Waals surface area contributed by atoms with Gasteiger partial charge in [-0.25, -0.2) is 4.79 Å². The molecule has 4 nitrogen and oxygen atoms in total. The van der Waals surface area contributed by atoms with Gasteiger partial charge in [-0.3, -0.25) is 9.69 Å². The molecule has 0 fully saturated rings. The number of benzene rings is 1. The largest absolute Gasteiger partial charge is 0.449 e. The molecule has 0 spiro atoms. The molecule has 0 bridgehead atoms. The lowest BCUT2D eigenvalue weighted by molar-refractivity contribution is 0.112. The van der Waals surface area contributed by atoms with Gasteiger partial charge in [0, 0.05) is 12.6 Å². The van der Waals surface area contributed by atoms with E-state index in [-0.39, 0.29) is 6.09 Å². The molecule has 0 aliphatic carbocycles. The van der Waals surface area contributed by atoms with Crippen LogP contribution in [-0.2, 0) is 17.6 Å². The van der Waals surface area contributed by atoms with Crippen molar-refractivity contribution in [3.8, 4) is 0 Å². The summed E-state index contributed by atoms with van der Waals surface area (Å²) >= 11 is 0. The molecule has 0 aromatic heterocycles. The SMILES string of the molecule is CCOC(=O)N(C)c1ccc(C=O)c(CC)c1CC. The Morgan fingerprint density at radius 3 is 2.32 bits per heavy atom. The number of amides is 1. The molecule has 1 aromatic rings. The molecule has 0 unspecified atom stereocenters. The Morgan fingerprint density at radius 2 is 1.84 bits per heavy atom. The average Bonchev–Trinajstić information content (AvgIpc) is 2.44. The zero-order chi connectivity index (χ0) is 14.4. The lowest BCUT2D eigenvalue weighted by Gasteiger charge is -2.22. The topological polar surface area (TPSA) is 46.6 Å². The van der Waals surface area contributed by atoms with Gasteiger partial charge in [0.2, 0.25) is 0 Å². The molecule has 0 saturated heterocycles. The molecule has 0 atom stereocenters. The van der Waals surface area contributed by atoms with Crippen LogP contribution in [-0.4, -0.2) is 26.0 Å². The summed E-state index contributed by atoms with van der Waals surface area (Å²) in [5.41, 5.74) is 3.54. The van der Waals surface area contributed by atoms with Crippen LogP contribution in [0.4, 0.5) is 10.5 Å². The molecule has 0 aliphatic heterocycles. The Labute approximate surface area is 114 Å². The van der Waals surface area contributed by atoms with Gasteiger partial charge >= 0.3 is 6.09 Å². The van der Waals surface area contributed by atoms with Crippen molar-refractivity contribution < 1.29 is 14.3 Å². The second kappa shape index (κ2) is 6.92. The normalized spacial score (nSPS) is 10.1. The molecule has 0 heterocycles. The molecule has 4 heteroatoms. The molecule has 1 aromatic carbocycles. The number of hydrogen-bond acceptors (Lipinski definition) is 3. The first-order valence-electron chi connectivity index (χ1n) is 6.60. The van der Waals surface area contributed by atoms with Gasteiger partial charge in [-0.1, -0.05) is 13.8 Å². The Kier molecular flexibility index (Phi) is 5.55. The number of ether oxygens (including phenoxy) is 1. The zero-order valence-corrected chi connectivity index (χ0v) is 12.0. The maximum absolute atomic E-state index is 11.8. The summed E-state index contributed by atoms with van der Waals surface area (Å²) in [5, 5.41) is 0. The number of carbonyl (C=O) groups excluding carboxylic acids is 2. The van der Waals surface area contributed by atoms with Crippen molar-refractivity contribution in [1.82, 2.24) is 0 Å². The van der Waals surface area contributed by atoms with Gasteiger partial charge in [-0.15, -0.1) is 0 Å². The molecule has 1 rings (SSSR count). The van der Waals surface area contributed by atoms with E-state index in [4.69, 9.17) is 4.74 Å². The van der Waals surface area contributed by atoms with E-state index in [1.807, 2.05) is 13.8 Å². The minimum Gasteiger partial charge on any atom is -0.449 e. The molecule has 1 amide bonds. The summed E-state index contributed by atoms with van der Waals surface area (Å²) in [7, 11) is 1.69. The van der Waals surface area contributed by atoms with Gasteiger partial charge in [-0.05, 0) is 43.0 Å². The van der Waals surface area contributed by atoms with Gasteiger partial charge in [-0.2, -0.15) is 0 Å². The van der Waals surface area contributed by atoms with Crippen LogP contribution >= 0.6 is 0 Å². The monoisotopic (exact) mass is 263 g/mol. The van der Waals surface area contributed by atoms with Crippen LogP contribution in [0.2, 0.25) is 0 Å². The zero-order valence-electron chi connectivity index (χ0n) is 12.0. The molecule has 104 valence electrons. The van der Waals surface area contributed by atoms with E-state index in [0.717, 1.165) is 35.9 Å². The molecule has 0 saturated carbocycles. The Balaban J connectivity index is 3.28. The minimum absolute atomic E-state index is 0.345. The van der Waals surface area contributed by atoms with Crippen molar-refractivity contribution >= 4 is 18.1 Å². The second-order valence-electron chi connectivity index (χ2n) is 4.21. The fourth-order valence-corrected chi connectivity index (χ4v) is 2.25. The number of hydrogen-bond donors (Lipinski definition) is 0. The van der Waals surface area contributed by atoms with Crippen molar-refractivity contribution in [2.24, 2.45) is 0 Å². The second-order valence-corrected chi connectivity index (χ2v) is 4.21. The number of rotatable bonds is 5. The van der Waals surface area contributed by atoms with Crippen molar-refractivity contribution in [1.29, 1.82) is 0 Å². The van der Waals surface area contributed by atoms with E-state index in [9.17, 15) is 9.59 Å². The summed E-state index contributed by atoms with van der Waals surface area (Å²) < 4.78 is 5.01. The highest BCUT2D eigenvalue weighted by Crippen LogP contribution is 2.27. The van der Waals surface area contributed by atoms with E-state index in [0.29, 0.717) is 12.2 Å². The summed E-state index contributed by atoms with van der Waals surface area (Å²) in [6.45, 7) is 6.15. The van der Waals surface area contributed by atoms with Crippen LogP contribution in [0.5, 0.6) is 0 Å². The highest BCUT2D eigenvalue weighted by Gasteiger charge is 2.18. The minimum atomic E-state index is -0.377. The lowest BCUT2D eigenvalue weighted by Crippen LogP contribution is -2.28. The van der Waals surface area contributed by atoms with Crippen LogP contribution in [0.25, 0.3) is 0 Å². The van der Waals surface area contributed by atoms with Gasteiger partial charge in [0.1, 0.15) is 6.29 Å². The number of aldehydes is 1. The fourth-order valence-electron chi connectivity index (χ4n) is 2.25. The van der Waals surface area contributed by atoms with Gasteiger partial charge in [0.05, 0.1) is 12.3 Å². The quantitative estimate of drug-likeness (QED) is 0.766. The van der Waals surface area contributed by atoms with Crippen LogP contribution in [0.3, 0.4) is 0 Å². The molecule has 0 radical (unpaired) electrons. The maximum atomic E-state index is 11.8. The Hall–Kier alpha value is -1.84. The van der Waals surface area contributed by atoms with E-state index in [2.05, 4.69) is 0 Å². The van der Waals surface area contributed by atoms with Gasteiger partial charge in [0.25, 0.3) is 0 Å². The number of anilines is 1. The first kappa shape index (κ1) is 15.2. The Morgan fingerprint density at radius 1 is 1.21 bits per heavy atom. The van der Waals surface area contributed by atoms with Crippen LogP contribution in [0.1, 0.15) is 42.3 Å². The van der Waals surface area contributed by atoms with E-state index < -0.39 is 0 Å². The predicted octanol–water partition coefficient (Wildman–Crippen LogP) is 3.22. The van der Waals surface area contributed by atoms with Crippen LogP contribution < -0.4 is 4.90 Å². The molecular formula is C15H21NO3. The van der Waals surface area contributed by atoms with Crippen LogP contribution in [0, 0.1) is 0 Å².